The van der Waals surface area contributed by atoms with Crippen LogP contribution in [0.3, 0.4) is 0 Å². The van der Waals surface area contributed by atoms with Crippen molar-refractivity contribution in [1.82, 2.24) is 0 Å². The molecule has 2 aromatic carbocycles. The third-order valence-corrected chi connectivity index (χ3v) is 3.72. The third kappa shape index (κ3) is 2.12. The van der Waals surface area contributed by atoms with Crippen LogP contribution in [0.5, 0.6) is 0 Å². The summed E-state index contributed by atoms with van der Waals surface area (Å²) in [4.78, 5) is 12.5. The van der Waals surface area contributed by atoms with Gasteiger partial charge in [0.15, 0.2) is 5.76 Å². The molecule has 0 aliphatic carbocycles. The molecule has 0 fully saturated rings. The van der Waals surface area contributed by atoms with E-state index in [-0.39, 0.29) is 5.78 Å². The van der Waals surface area contributed by atoms with Crippen LogP contribution >= 0.6 is 15.9 Å². The highest BCUT2D eigenvalue weighted by Gasteiger charge is 2.17. The number of rotatable bonds is 2. The summed E-state index contributed by atoms with van der Waals surface area (Å²) >= 11 is 3.32. The predicted octanol–water partition coefficient (Wildman–Crippen LogP) is 4.32. The fourth-order valence-corrected chi connectivity index (χ4v) is 2.57. The van der Waals surface area contributed by atoms with Crippen LogP contribution < -0.4 is 5.73 Å². The molecule has 0 saturated heterocycles. The molecule has 0 aliphatic rings. The van der Waals surface area contributed by atoms with E-state index in [1.54, 1.807) is 24.3 Å². The lowest BCUT2D eigenvalue weighted by molar-refractivity contribution is 0.101. The zero-order valence-corrected chi connectivity index (χ0v) is 12.4. The first-order chi connectivity index (χ1) is 9.56. The molecular formula is C16H12BrNO2. The van der Waals surface area contributed by atoms with Crippen LogP contribution in [0.2, 0.25) is 0 Å². The van der Waals surface area contributed by atoms with Crippen molar-refractivity contribution in [3.8, 4) is 0 Å². The maximum atomic E-state index is 12.5. The lowest BCUT2D eigenvalue weighted by Gasteiger charge is -2.03. The van der Waals surface area contributed by atoms with Crippen molar-refractivity contribution in [1.29, 1.82) is 0 Å². The molecule has 100 valence electrons. The van der Waals surface area contributed by atoms with E-state index in [1.807, 2.05) is 25.1 Å². The number of para-hydroxylation sites is 1. The van der Waals surface area contributed by atoms with Gasteiger partial charge in [0.05, 0.1) is 0 Å². The molecule has 3 aromatic rings. The molecule has 20 heavy (non-hydrogen) atoms. The molecule has 3 nitrogen and oxygen atoms in total. The molecule has 0 unspecified atom stereocenters. The third-order valence-electron chi connectivity index (χ3n) is 3.22. The summed E-state index contributed by atoms with van der Waals surface area (Å²) in [6, 6.07) is 12.8. The normalized spacial score (nSPS) is 10.9. The second-order valence-corrected chi connectivity index (χ2v) is 5.58. The summed E-state index contributed by atoms with van der Waals surface area (Å²) in [5.74, 6) is 0.105. The van der Waals surface area contributed by atoms with E-state index < -0.39 is 0 Å². The minimum absolute atomic E-state index is 0.203. The maximum absolute atomic E-state index is 12.5. The average molecular weight is 330 g/mol. The molecule has 0 amide bonds. The number of fused-ring (bicyclic) bond motifs is 1. The van der Waals surface area contributed by atoms with Gasteiger partial charge < -0.3 is 10.2 Å². The number of aryl methyl sites for hydroxylation is 1. The Labute approximate surface area is 124 Å². The summed E-state index contributed by atoms with van der Waals surface area (Å²) in [6.07, 6.45) is 0. The van der Waals surface area contributed by atoms with Crippen molar-refractivity contribution >= 4 is 38.4 Å². The van der Waals surface area contributed by atoms with Crippen LogP contribution in [0.1, 0.15) is 21.7 Å². The van der Waals surface area contributed by atoms with Gasteiger partial charge in [-0.25, -0.2) is 0 Å². The quantitative estimate of drug-likeness (QED) is 0.562. The van der Waals surface area contributed by atoms with Crippen LogP contribution in [0.15, 0.2) is 51.4 Å². The number of nitrogen functional groups attached to an aromatic ring is 1. The molecule has 3 rings (SSSR count). The number of carbonyl (C=O) groups excluding carboxylic acids is 1. The minimum atomic E-state index is -0.203. The summed E-state index contributed by atoms with van der Waals surface area (Å²) in [7, 11) is 0. The van der Waals surface area contributed by atoms with Gasteiger partial charge in [0.2, 0.25) is 5.78 Å². The zero-order valence-electron chi connectivity index (χ0n) is 10.8. The van der Waals surface area contributed by atoms with Gasteiger partial charge in [0.25, 0.3) is 0 Å². The topological polar surface area (TPSA) is 56.2 Å². The van der Waals surface area contributed by atoms with Gasteiger partial charge in [-0.05, 0) is 36.8 Å². The fraction of sp³-hybridized carbons (Fsp3) is 0.0625. The Morgan fingerprint density at radius 1 is 1.20 bits per heavy atom. The standard InChI is InChI=1S/C16H12BrNO2/c1-9-3-2-4-10-7-14(20-16(9)10)15(19)12-6-5-11(17)8-13(12)18/h2-8H,18H2,1H3. The fourth-order valence-electron chi connectivity index (χ4n) is 2.19. The van der Waals surface area contributed by atoms with Crippen LogP contribution in [0.4, 0.5) is 5.69 Å². The van der Waals surface area contributed by atoms with Crippen molar-refractivity contribution in [2.45, 2.75) is 6.92 Å². The summed E-state index contributed by atoms with van der Waals surface area (Å²) in [5, 5.41) is 0.920. The zero-order chi connectivity index (χ0) is 14.3. The number of benzene rings is 2. The van der Waals surface area contributed by atoms with Gasteiger partial charge in [0.1, 0.15) is 5.58 Å². The van der Waals surface area contributed by atoms with E-state index in [2.05, 4.69) is 15.9 Å². The van der Waals surface area contributed by atoms with E-state index in [4.69, 9.17) is 10.2 Å². The summed E-state index contributed by atoms with van der Waals surface area (Å²) < 4.78 is 6.52. The molecule has 1 aromatic heterocycles. The molecule has 0 radical (unpaired) electrons. The van der Waals surface area contributed by atoms with Crippen LogP contribution in [-0.2, 0) is 0 Å². The van der Waals surface area contributed by atoms with Gasteiger partial charge in [-0.1, -0.05) is 34.1 Å². The Morgan fingerprint density at radius 2 is 2.00 bits per heavy atom. The van der Waals surface area contributed by atoms with Crippen molar-refractivity contribution in [3.63, 3.8) is 0 Å². The second-order valence-electron chi connectivity index (χ2n) is 4.66. The molecule has 1 heterocycles. The number of anilines is 1. The van der Waals surface area contributed by atoms with Crippen molar-refractivity contribution < 1.29 is 9.21 Å². The Balaban J connectivity index is 2.10. The first-order valence-corrected chi connectivity index (χ1v) is 6.94. The summed E-state index contributed by atoms with van der Waals surface area (Å²) in [6.45, 7) is 1.95. The molecule has 0 bridgehead atoms. The smallest absolute Gasteiger partial charge is 0.230 e. The van der Waals surface area contributed by atoms with Gasteiger partial charge in [-0.2, -0.15) is 0 Å². The van der Waals surface area contributed by atoms with E-state index in [0.29, 0.717) is 17.0 Å². The minimum Gasteiger partial charge on any atom is -0.452 e. The van der Waals surface area contributed by atoms with Gasteiger partial charge in [0, 0.05) is 21.1 Å². The SMILES string of the molecule is Cc1cccc2cc(C(=O)c3ccc(Br)cc3N)oc12. The van der Waals surface area contributed by atoms with Crippen molar-refractivity contribution in [2.24, 2.45) is 0 Å². The molecule has 0 saturated carbocycles. The van der Waals surface area contributed by atoms with E-state index in [1.165, 1.54) is 0 Å². The Morgan fingerprint density at radius 3 is 2.70 bits per heavy atom. The largest absolute Gasteiger partial charge is 0.452 e. The maximum Gasteiger partial charge on any atom is 0.230 e. The van der Waals surface area contributed by atoms with Crippen LogP contribution in [0.25, 0.3) is 11.0 Å². The lowest BCUT2D eigenvalue weighted by Crippen LogP contribution is -2.04. The Hall–Kier alpha value is -2.07. The molecule has 4 heteroatoms. The molecule has 2 N–H and O–H groups in total. The van der Waals surface area contributed by atoms with Crippen molar-refractivity contribution in [2.75, 3.05) is 5.73 Å². The van der Waals surface area contributed by atoms with E-state index in [9.17, 15) is 4.79 Å². The van der Waals surface area contributed by atoms with E-state index in [0.717, 1.165) is 21.0 Å². The molecule has 0 aliphatic heterocycles. The number of hydrogen-bond acceptors (Lipinski definition) is 3. The monoisotopic (exact) mass is 329 g/mol. The number of nitrogens with two attached hydrogens (primary N) is 1. The van der Waals surface area contributed by atoms with Gasteiger partial charge in [-0.15, -0.1) is 0 Å². The number of halogens is 1. The highest BCUT2D eigenvalue weighted by molar-refractivity contribution is 9.10. The average Bonchev–Trinajstić information content (AvgIpc) is 2.83. The van der Waals surface area contributed by atoms with Gasteiger partial charge in [-0.3, -0.25) is 4.79 Å². The number of hydrogen-bond donors (Lipinski definition) is 1. The van der Waals surface area contributed by atoms with Crippen LogP contribution in [0, 0.1) is 6.92 Å². The Bertz CT molecular complexity index is 820. The highest BCUT2D eigenvalue weighted by atomic mass is 79.9. The van der Waals surface area contributed by atoms with E-state index >= 15 is 0 Å². The first-order valence-electron chi connectivity index (χ1n) is 6.15. The first kappa shape index (κ1) is 12.9. The predicted molar refractivity (Wildman–Crippen MR) is 82.9 cm³/mol. The summed E-state index contributed by atoms with van der Waals surface area (Å²) in [5.41, 5.74) is 8.52. The van der Waals surface area contributed by atoms with Gasteiger partial charge >= 0.3 is 0 Å². The molecule has 0 atom stereocenters. The Kier molecular flexibility index (Phi) is 3.10. The van der Waals surface area contributed by atoms with Crippen molar-refractivity contribution in [3.05, 3.63) is 63.8 Å². The number of carbonyl (C=O) groups is 1. The lowest BCUT2D eigenvalue weighted by atomic mass is 10.1. The second kappa shape index (κ2) is 4.80. The molecular weight excluding hydrogens is 318 g/mol. The number of furan rings is 1. The number of ketones is 1. The molecule has 0 spiro atoms. The van der Waals surface area contributed by atoms with Crippen LogP contribution in [-0.4, -0.2) is 5.78 Å². The highest BCUT2D eigenvalue weighted by Crippen LogP contribution is 2.26.